The Balaban J connectivity index is 1.24. The van der Waals surface area contributed by atoms with Crippen LogP contribution in [0.5, 0.6) is 0 Å². The molecule has 54 heavy (non-hydrogen) atoms. The number of aliphatic hydroxyl groups is 1. The molecule has 2 saturated carbocycles. The van der Waals surface area contributed by atoms with Crippen molar-refractivity contribution in [2.45, 2.75) is 104 Å². The first-order valence-corrected chi connectivity index (χ1v) is 20.4. The molecule has 0 bridgehead atoms. The van der Waals surface area contributed by atoms with Gasteiger partial charge in [0.25, 0.3) is 0 Å². The molecule has 5 aliphatic rings. The summed E-state index contributed by atoms with van der Waals surface area (Å²) in [5.74, 6) is 1.40. The van der Waals surface area contributed by atoms with E-state index in [0.29, 0.717) is 23.0 Å². The summed E-state index contributed by atoms with van der Waals surface area (Å²) in [6, 6.07) is 21.6. The Hall–Kier alpha value is -4.32. The van der Waals surface area contributed by atoms with Crippen LogP contribution in [-0.4, -0.2) is 50.4 Å². The van der Waals surface area contributed by atoms with Crippen LogP contribution in [0.15, 0.2) is 66.4 Å². The first-order chi connectivity index (χ1) is 25.5. The van der Waals surface area contributed by atoms with E-state index in [-0.39, 0.29) is 33.7 Å². The minimum Gasteiger partial charge on any atom is -0.506 e. The van der Waals surface area contributed by atoms with Gasteiger partial charge in [-0.2, -0.15) is 0 Å². The first-order valence-electron chi connectivity index (χ1n) is 20.4. The second-order valence-electron chi connectivity index (χ2n) is 19.6. The van der Waals surface area contributed by atoms with Gasteiger partial charge in [-0.05, 0) is 90.2 Å². The molecule has 2 spiro atoms. The molecule has 2 heterocycles. The smallest absolute Gasteiger partial charge is 0.238 e. The van der Waals surface area contributed by atoms with Crippen molar-refractivity contribution in [1.29, 1.82) is 0 Å². The predicted octanol–water partition coefficient (Wildman–Crippen LogP) is 9.02. The van der Waals surface area contributed by atoms with Crippen LogP contribution >= 0.6 is 0 Å². The third-order valence-electron chi connectivity index (χ3n) is 15.4. The number of benzene rings is 4. The van der Waals surface area contributed by atoms with Gasteiger partial charge in [0.15, 0.2) is 0 Å². The number of carbonyl (C=O) groups is 1. The zero-order valence-electron chi connectivity index (χ0n) is 34.2. The lowest BCUT2D eigenvalue weighted by Gasteiger charge is -2.57. The number of carbonyl (C=O) groups excluding carboxylic acids is 1. The van der Waals surface area contributed by atoms with E-state index in [1.54, 1.807) is 0 Å². The molecule has 9 rings (SSSR count). The second-order valence-corrected chi connectivity index (χ2v) is 19.6. The molecule has 3 aliphatic carbocycles. The average Bonchev–Trinajstić information content (AvgIpc) is 3.14. The summed E-state index contributed by atoms with van der Waals surface area (Å²) in [4.78, 5) is 22.3. The Morgan fingerprint density at radius 2 is 1.20 bits per heavy atom. The van der Waals surface area contributed by atoms with Gasteiger partial charge in [0, 0.05) is 50.6 Å². The molecule has 1 N–H and O–H groups in total. The van der Waals surface area contributed by atoms with Crippen molar-refractivity contribution in [3.63, 3.8) is 0 Å². The Morgan fingerprint density at radius 1 is 0.667 bits per heavy atom. The van der Waals surface area contributed by atoms with Crippen molar-refractivity contribution >= 4 is 55.5 Å². The van der Waals surface area contributed by atoms with E-state index in [4.69, 9.17) is 0 Å². The highest BCUT2D eigenvalue weighted by molar-refractivity contribution is 6.52. The lowest BCUT2D eigenvalue weighted by molar-refractivity contribution is -0.109. The van der Waals surface area contributed by atoms with E-state index in [2.05, 4.69) is 150 Å². The molecule has 6 heteroatoms. The molecule has 4 aromatic carbocycles. The van der Waals surface area contributed by atoms with E-state index >= 15 is 0 Å². The summed E-state index contributed by atoms with van der Waals surface area (Å²) in [7, 11) is 8.96. The third-order valence-corrected chi connectivity index (χ3v) is 15.4. The number of hydrogen-bond donors (Lipinski definition) is 1. The van der Waals surface area contributed by atoms with Gasteiger partial charge in [-0.25, -0.2) is 4.58 Å². The molecule has 0 amide bonds. The fourth-order valence-corrected chi connectivity index (χ4v) is 11.8. The molecular weight excluding hydrogens is 665 g/mol. The molecule has 0 saturated heterocycles. The van der Waals surface area contributed by atoms with Crippen LogP contribution in [0.4, 0.5) is 17.1 Å². The summed E-state index contributed by atoms with van der Waals surface area (Å²) in [6.07, 6.45) is 8.81. The van der Waals surface area contributed by atoms with Crippen molar-refractivity contribution in [2.75, 3.05) is 42.9 Å². The molecule has 0 radical (unpaired) electrons. The fraction of sp³-hybridized carbons (Fsp3) is 0.500. The predicted molar refractivity (Wildman–Crippen MR) is 226 cm³/mol. The highest BCUT2D eigenvalue weighted by atomic mass is 16.3. The molecule has 2 fully saturated rings. The summed E-state index contributed by atoms with van der Waals surface area (Å²) in [5.41, 5.74) is 5.35. The van der Waals surface area contributed by atoms with Gasteiger partial charge >= 0.3 is 0 Å². The van der Waals surface area contributed by atoms with Gasteiger partial charge < -0.3 is 19.8 Å². The largest absolute Gasteiger partial charge is 0.506 e. The van der Waals surface area contributed by atoms with Gasteiger partial charge in [0.1, 0.15) is 18.5 Å². The maximum atomic E-state index is 14.9. The SMILES string of the molecule is CN1c2cccc3ccc(C4=C(O)/C(=c5/ccc6cccc7c6c5=[N+](C)C5(CCC(C(C)(C)C)CC5)N7C)C4=O)c(c23)N(C)C12CCC(C(C)(C)C)CC2. The monoisotopic (exact) mass is 723 g/mol. The Kier molecular flexibility index (Phi) is 7.60. The fourth-order valence-electron chi connectivity index (χ4n) is 11.8. The Morgan fingerprint density at radius 3 is 1.78 bits per heavy atom. The van der Waals surface area contributed by atoms with Crippen LogP contribution in [0.25, 0.3) is 32.7 Å². The lowest BCUT2D eigenvalue weighted by Crippen LogP contribution is -2.66. The molecular formula is C48H59N4O2+. The molecule has 0 atom stereocenters. The zero-order chi connectivity index (χ0) is 38.3. The van der Waals surface area contributed by atoms with Crippen molar-refractivity contribution in [2.24, 2.45) is 22.7 Å². The maximum Gasteiger partial charge on any atom is 0.238 e. The summed E-state index contributed by atoms with van der Waals surface area (Å²) in [5, 5.41) is 18.8. The first kappa shape index (κ1) is 35.4. The van der Waals surface area contributed by atoms with Crippen LogP contribution in [0.1, 0.15) is 98.5 Å². The zero-order valence-corrected chi connectivity index (χ0v) is 34.2. The number of aliphatic hydroxyl groups excluding tert-OH is 1. The van der Waals surface area contributed by atoms with Gasteiger partial charge in [-0.1, -0.05) is 84.0 Å². The van der Waals surface area contributed by atoms with Crippen LogP contribution in [0.3, 0.4) is 0 Å². The summed E-state index contributed by atoms with van der Waals surface area (Å²) in [6.45, 7) is 14.3. The quantitative estimate of drug-likeness (QED) is 0.199. The molecule has 2 aliphatic heterocycles. The summed E-state index contributed by atoms with van der Waals surface area (Å²) < 4.78 is 2.47. The normalized spacial score (nSPS) is 28.2. The van der Waals surface area contributed by atoms with Gasteiger partial charge in [-0.15, -0.1) is 0 Å². The molecule has 282 valence electrons. The van der Waals surface area contributed by atoms with Crippen LogP contribution in [0.2, 0.25) is 0 Å². The van der Waals surface area contributed by atoms with E-state index in [1.807, 2.05) is 0 Å². The van der Waals surface area contributed by atoms with Crippen molar-refractivity contribution in [1.82, 2.24) is 4.58 Å². The molecule has 0 aromatic heterocycles. The third kappa shape index (κ3) is 4.64. The number of anilines is 3. The number of nitrogens with zero attached hydrogens (tertiary/aromatic N) is 4. The van der Waals surface area contributed by atoms with Crippen molar-refractivity contribution < 1.29 is 9.90 Å². The highest BCUT2D eigenvalue weighted by Gasteiger charge is 2.52. The highest BCUT2D eigenvalue weighted by Crippen LogP contribution is 2.55. The number of ketones is 1. The molecule has 6 nitrogen and oxygen atoms in total. The number of hydrogen-bond acceptors (Lipinski definition) is 5. The van der Waals surface area contributed by atoms with Crippen LogP contribution < -0.4 is 29.9 Å². The molecule has 0 unspecified atom stereocenters. The van der Waals surface area contributed by atoms with Crippen LogP contribution in [-0.2, 0) is 4.79 Å². The topological polar surface area (TPSA) is 50.0 Å². The standard InChI is InChI=1S/C48H58N4O2/c1-45(2,3)31-21-25-47(26-22-31)49(7)35-15-11-13-29-17-19-33(41(37(29)35)51(47)9)39-43(53)40(44(39)54)34-20-18-30-14-12-16-36-38(30)42(34)52(10)48(50(36)8)27-23-32(24-28-48)46(4,5)6/h11-20,31-32H,21-28H2,1-10H3/p+1. The van der Waals surface area contributed by atoms with Crippen molar-refractivity contribution in [3.8, 4) is 0 Å². The number of rotatable bonds is 1. The Labute approximate surface area is 321 Å². The minimum atomic E-state index is -0.206. The second kappa shape index (κ2) is 11.6. The van der Waals surface area contributed by atoms with Crippen LogP contribution in [0, 0.1) is 22.7 Å². The van der Waals surface area contributed by atoms with Crippen molar-refractivity contribution in [3.05, 3.63) is 82.6 Å². The minimum absolute atomic E-state index is 0.0655. The maximum absolute atomic E-state index is 14.9. The van der Waals surface area contributed by atoms with Gasteiger partial charge in [-0.3, -0.25) is 4.79 Å². The average molecular weight is 724 g/mol. The number of Topliss-reactive ketones (excluding diaryl/α,β-unsaturated/α-hetero) is 1. The van der Waals surface area contributed by atoms with Gasteiger partial charge in [0.05, 0.1) is 33.1 Å². The van der Waals surface area contributed by atoms with E-state index < -0.39 is 0 Å². The number of allylic oxidation sites excluding steroid dienone is 2. The van der Waals surface area contributed by atoms with E-state index in [0.717, 1.165) is 94.7 Å². The van der Waals surface area contributed by atoms with E-state index in [9.17, 15) is 9.90 Å². The summed E-state index contributed by atoms with van der Waals surface area (Å²) >= 11 is 0. The Bertz CT molecular complexity index is 2430. The van der Waals surface area contributed by atoms with E-state index in [1.165, 1.54) is 11.4 Å². The lowest BCUT2D eigenvalue weighted by atomic mass is 9.68. The molecule has 4 aromatic rings. The van der Waals surface area contributed by atoms with Gasteiger partial charge in [0.2, 0.25) is 16.8 Å².